The first-order valence-electron chi connectivity index (χ1n) is 10.2. The first-order valence-corrected chi connectivity index (χ1v) is 11.2. The first kappa shape index (κ1) is 20.9. The zero-order chi connectivity index (χ0) is 21.6. The summed E-state index contributed by atoms with van der Waals surface area (Å²) in [6, 6.07) is 24.5. The number of imidazole rings is 1. The molecule has 156 valence electrons. The summed E-state index contributed by atoms with van der Waals surface area (Å²) in [5.41, 5.74) is 10.5. The molecule has 2 aromatic heterocycles. The van der Waals surface area contributed by atoms with Gasteiger partial charge in [-0.1, -0.05) is 72.4 Å². The van der Waals surface area contributed by atoms with Crippen LogP contribution >= 0.6 is 11.8 Å². The van der Waals surface area contributed by atoms with E-state index in [1.807, 2.05) is 48.7 Å². The first-order chi connectivity index (χ1) is 15.1. The van der Waals surface area contributed by atoms with Gasteiger partial charge in [0.15, 0.2) is 5.16 Å². The highest BCUT2D eigenvalue weighted by atomic mass is 32.2. The predicted octanol–water partition coefficient (Wildman–Crippen LogP) is 5.27. The molecule has 0 spiro atoms. The monoisotopic (exact) mass is 428 g/mol. The molecular formula is C25H24N4OS. The van der Waals surface area contributed by atoms with Gasteiger partial charge < -0.3 is 5.73 Å². The number of carbonyl (C=O) groups is 1. The molecule has 0 aliphatic carbocycles. The minimum Gasteiger partial charge on any atom is -0.370 e. The molecule has 2 heterocycles. The summed E-state index contributed by atoms with van der Waals surface area (Å²) < 4.78 is 2.12. The molecule has 0 aliphatic heterocycles. The van der Waals surface area contributed by atoms with Crippen molar-refractivity contribution in [2.45, 2.75) is 24.9 Å². The van der Waals surface area contributed by atoms with E-state index in [-0.39, 0.29) is 5.91 Å². The lowest BCUT2D eigenvalue weighted by Crippen LogP contribution is -2.10. The number of rotatable bonds is 8. The van der Waals surface area contributed by atoms with Crippen molar-refractivity contribution < 1.29 is 4.79 Å². The Labute approximate surface area is 186 Å². The third kappa shape index (κ3) is 4.86. The molecule has 2 aromatic carbocycles. The van der Waals surface area contributed by atoms with E-state index in [4.69, 9.17) is 10.7 Å². The van der Waals surface area contributed by atoms with E-state index in [1.54, 1.807) is 11.8 Å². The lowest BCUT2D eigenvalue weighted by molar-refractivity contribution is -0.118. The minimum atomic E-state index is -0.278. The SMILES string of the molecule is Cc1ccnc(-n2c(SCCCC(N)=O)nc(-c3ccccc3)c2-c2ccccc2)c1. The molecule has 6 heteroatoms. The van der Waals surface area contributed by atoms with Crippen LogP contribution in [0.25, 0.3) is 28.3 Å². The predicted molar refractivity (Wildman–Crippen MR) is 126 cm³/mol. The Balaban J connectivity index is 1.89. The van der Waals surface area contributed by atoms with Gasteiger partial charge in [-0.2, -0.15) is 0 Å². The van der Waals surface area contributed by atoms with Crippen molar-refractivity contribution in [2.75, 3.05) is 5.75 Å². The standard InChI is InChI=1S/C25H24N4OS/c1-18-14-15-27-22(17-18)29-24(20-11-6-3-7-12-20)23(19-9-4-2-5-10-19)28-25(29)31-16-8-13-21(26)30/h2-7,9-12,14-15,17H,8,13,16H2,1H3,(H2,26,30). The average Bonchev–Trinajstić information content (AvgIpc) is 3.17. The summed E-state index contributed by atoms with van der Waals surface area (Å²) in [5.74, 6) is 1.29. The van der Waals surface area contributed by atoms with Crippen molar-refractivity contribution in [1.82, 2.24) is 14.5 Å². The number of hydrogen-bond acceptors (Lipinski definition) is 4. The van der Waals surface area contributed by atoms with Crippen LogP contribution in [0.5, 0.6) is 0 Å². The molecule has 4 aromatic rings. The van der Waals surface area contributed by atoms with Crippen LogP contribution in [0, 0.1) is 6.92 Å². The zero-order valence-corrected chi connectivity index (χ0v) is 18.2. The molecule has 1 amide bonds. The summed E-state index contributed by atoms with van der Waals surface area (Å²) in [7, 11) is 0. The lowest BCUT2D eigenvalue weighted by Gasteiger charge is -2.13. The summed E-state index contributed by atoms with van der Waals surface area (Å²) in [5, 5.41) is 0.847. The minimum absolute atomic E-state index is 0.278. The fourth-order valence-electron chi connectivity index (χ4n) is 3.42. The number of pyridine rings is 1. The van der Waals surface area contributed by atoms with Gasteiger partial charge in [0, 0.05) is 29.5 Å². The van der Waals surface area contributed by atoms with E-state index in [0.29, 0.717) is 12.8 Å². The number of nitrogens with zero attached hydrogens (tertiary/aromatic N) is 3. The van der Waals surface area contributed by atoms with Crippen LogP contribution in [0.3, 0.4) is 0 Å². The van der Waals surface area contributed by atoms with Crippen LogP contribution in [-0.4, -0.2) is 26.2 Å². The number of aromatic nitrogens is 3. The third-order valence-electron chi connectivity index (χ3n) is 4.87. The quantitative estimate of drug-likeness (QED) is 0.307. The summed E-state index contributed by atoms with van der Waals surface area (Å²) >= 11 is 1.62. The van der Waals surface area contributed by atoms with E-state index in [1.165, 1.54) is 0 Å². The second kappa shape index (κ2) is 9.62. The molecule has 0 fully saturated rings. The van der Waals surface area contributed by atoms with E-state index < -0.39 is 0 Å². The molecule has 0 atom stereocenters. The molecule has 2 N–H and O–H groups in total. The van der Waals surface area contributed by atoms with Gasteiger partial charge in [0.2, 0.25) is 5.91 Å². The second-order valence-electron chi connectivity index (χ2n) is 7.27. The van der Waals surface area contributed by atoms with E-state index in [9.17, 15) is 4.79 Å². The maximum atomic E-state index is 11.1. The second-order valence-corrected chi connectivity index (χ2v) is 8.33. The highest BCUT2D eigenvalue weighted by molar-refractivity contribution is 7.99. The number of hydrogen-bond donors (Lipinski definition) is 1. The molecule has 0 bridgehead atoms. The Morgan fingerprint density at radius 1 is 1.00 bits per heavy atom. The number of aryl methyl sites for hydroxylation is 1. The van der Waals surface area contributed by atoms with Gasteiger partial charge in [0.1, 0.15) is 5.82 Å². The number of carbonyl (C=O) groups excluding carboxylic acids is 1. The van der Waals surface area contributed by atoms with Crippen molar-refractivity contribution in [2.24, 2.45) is 5.73 Å². The van der Waals surface area contributed by atoms with Gasteiger partial charge in [0.05, 0.1) is 11.4 Å². The smallest absolute Gasteiger partial charge is 0.217 e. The topological polar surface area (TPSA) is 73.8 Å². The van der Waals surface area contributed by atoms with Crippen LogP contribution in [0.15, 0.2) is 84.1 Å². The molecule has 4 rings (SSSR count). The molecule has 0 unspecified atom stereocenters. The van der Waals surface area contributed by atoms with E-state index in [2.05, 4.69) is 46.8 Å². The molecule has 0 saturated carbocycles. The van der Waals surface area contributed by atoms with Gasteiger partial charge in [0.25, 0.3) is 0 Å². The highest BCUT2D eigenvalue weighted by Crippen LogP contribution is 2.38. The number of thioether (sulfide) groups is 1. The summed E-state index contributed by atoms with van der Waals surface area (Å²) in [4.78, 5) is 20.9. The van der Waals surface area contributed by atoms with Gasteiger partial charge >= 0.3 is 0 Å². The Hall–Kier alpha value is -3.38. The summed E-state index contributed by atoms with van der Waals surface area (Å²) in [6.07, 6.45) is 2.89. The van der Waals surface area contributed by atoms with E-state index in [0.717, 1.165) is 44.8 Å². The fraction of sp³-hybridized carbons (Fsp3) is 0.160. The van der Waals surface area contributed by atoms with Crippen molar-refractivity contribution >= 4 is 17.7 Å². The van der Waals surface area contributed by atoms with Gasteiger partial charge in [-0.3, -0.25) is 9.36 Å². The van der Waals surface area contributed by atoms with Crippen molar-refractivity contribution in [3.8, 4) is 28.3 Å². The number of primary amides is 1. The van der Waals surface area contributed by atoms with Crippen LogP contribution in [-0.2, 0) is 4.79 Å². The Bertz CT molecular complexity index is 1170. The largest absolute Gasteiger partial charge is 0.370 e. The van der Waals surface area contributed by atoms with Gasteiger partial charge in [-0.05, 0) is 31.0 Å². The molecule has 0 radical (unpaired) electrons. The third-order valence-corrected chi connectivity index (χ3v) is 5.89. The fourth-order valence-corrected chi connectivity index (χ4v) is 4.36. The van der Waals surface area contributed by atoms with Crippen molar-refractivity contribution in [1.29, 1.82) is 0 Å². The number of benzene rings is 2. The van der Waals surface area contributed by atoms with Crippen LogP contribution in [0.2, 0.25) is 0 Å². The average molecular weight is 429 g/mol. The Kier molecular flexibility index (Phi) is 6.48. The number of nitrogens with two attached hydrogens (primary N) is 1. The molecule has 5 nitrogen and oxygen atoms in total. The van der Waals surface area contributed by atoms with Gasteiger partial charge in [-0.25, -0.2) is 9.97 Å². The molecule has 0 aliphatic rings. The van der Waals surface area contributed by atoms with Crippen LogP contribution in [0.1, 0.15) is 18.4 Å². The maximum Gasteiger partial charge on any atom is 0.217 e. The molecule has 31 heavy (non-hydrogen) atoms. The van der Waals surface area contributed by atoms with Crippen LogP contribution < -0.4 is 5.73 Å². The summed E-state index contributed by atoms with van der Waals surface area (Å²) in [6.45, 7) is 2.06. The molecule has 0 saturated heterocycles. The highest BCUT2D eigenvalue weighted by Gasteiger charge is 2.22. The van der Waals surface area contributed by atoms with Crippen LogP contribution in [0.4, 0.5) is 0 Å². The van der Waals surface area contributed by atoms with Crippen molar-refractivity contribution in [3.63, 3.8) is 0 Å². The van der Waals surface area contributed by atoms with Gasteiger partial charge in [-0.15, -0.1) is 0 Å². The maximum absolute atomic E-state index is 11.1. The molecular weight excluding hydrogens is 404 g/mol. The number of amides is 1. The van der Waals surface area contributed by atoms with E-state index >= 15 is 0 Å². The normalized spacial score (nSPS) is 10.9. The Morgan fingerprint density at radius 2 is 1.68 bits per heavy atom. The van der Waals surface area contributed by atoms with Crippen molar-refractivity contribution in [3.05, 3.63) is 84.6 Å². The lowest BCUT2D eigenvalue weighted by atomic mass is 10.0. The Morgan fingerprint density at radius 3 is 2.32 bits per heavy atom. The zero-order valence-electron chi connectivity index (χ0n) is 17.4.